The number of aromatic nitrogens is 2. The first-order valence-corrected chi connectivity index (χ1v) is 11.0. The van der Waals surface area contributed by atoms with Crippen molar-refractivity contribution >= 4 is 18.2 Å². The first-order valence-electron chi connectivity index (χ1n) is 11.0. The van der Waals surface area contributed by atoms with Gasteiger partial charge in [0.2, 0.25) is 0 Å². The average Bonchev–Trinajstić information content (AvgIpc) is 2.80. The molecule has 0 aromatic carbocycles. The summed E-state index contributed by atoms with van der Waals surface area (Å²) in [5.74, 6) is -2.05. The number of carbonyl (C=O) groups excluding carboxylic acids is 1. The van der Waals surface area contributed by atoms with Crippen LogP contribution in [-0.4, -0.2) is 104 Å². The molecule has 0 saturated heterocycles. The zero-order chi connectivity index (χ0) is 24.5. The second-order valence-corrected chi connectivity index (χ2v) is 8.18. The Balaban J connectivity index is 1.88. The molecule has 1 aliphatic heterocycles. The normalized spacial score (nSPS) is 17.3. The molecular weight excluding hydrogens is 442 g/mol. The fourth-order valence-electron chi connectivity index (χ4n) is 3.89. The van der Waals surface area contributed by atoms with Crippen LogP contribution in [0.3, 0.4) is 0 Å². The van der Waals surface area contributed by atoms with Gasteiger partial charge in [-0.25, -0.2) is 9.78 Å². The summed E-state index contributed by atoms with van der Waals surface area (Å²) in [4.78, 5) is 48.8. The molecule has 34 heavy (non-hydrogen) atoms. The van der Waals surface area contributed by atoms with Gasteiger partial charge in [0.1, 0.15) is 12.0 Å². The molecule has 1 unspecified atom stereocenters. The van der Waals surface area contributed by atoms with Crippen molar-refractivity contribution in [1.29, 1.82) is 0 Å². The smallest absolute Gasteiger partial charge is 0.354 e. The van der Waals surface area contributed by atoms with Gasteiger partial charge in [-0.15, -0.1) is 0 Å². The van der Waals surface area contributed by atoms with Gasteiger partial charge < -0.3 is 20.1 Å². The van der Waals surface area contributed by atoms with E-state index in [1.165, 1.54) is 6.07 Å². The second kappa shape index (κ2) is 12.3. The largest absolute Gasteiger partial charge is 0.480 e. The number of carboxylic acids is 2. The summed E-state index contributed by atoms with van der Waals surface area (Å²) in [5, 5.41) is 28.2. The fourth-order valence-corrected chi connectivity index (χ4v) is 3.89. The minimum atomic E-state index is -1.10. The highest BCUT2D eigenvalue weighted by Crippen LogP contribution is 2.13. The van der Waals surface area contributed by atoms with E-state index in [4.69, 9.17) is 4.98 Å². The Kier molecular flexibility index (Phi) is 9.16. The van der Waals surface area contributed by atoms with Crippen LogP contribution in [0.4, 0.5) is 0 Å². The molecule has 3 heterocycles. The van der Waals surface area contributed by atoms with Crippen molar-refractivity contribution in [2.75, 3.05) is 39.3 Å². The van der Waals surface area contributed by atoms with Gasteiger partial charge in [-0.05, 0) is 24.3 Å². The molecule has 0 radical (unpaired) electrons. The van der Waals surface area contributed by atoms with Gasteiger partial charge in [0, 0.05) is 45.8 Å². The Labute approximate surface area is 197 Å². The monoisotopic (exact) mass is 471 g/mol. The van der Waals surface area contributed by atoms with Gasteiger partial charge in [-0.2, -0.15) is 0 Å². The number of rotatable bonds is 8. The van der Waals surface area contributed by atoms with Gasteiger partial charge in [-0.1, -0.05) is 12.1 Å². The third-order valence-corrected chi connectivity index (χ3v) is 5.63. The molecule has 11 heteroatoms. The van der Waals surface area contributed by atoms with Crippen LogP contribution in [0.1, 0.15) is 27.6 Å². The van der Waals surface area contributed by atoms with E-state index in [1.807, 2.05) is 18.2 Å². The summed E-state index contributed by atoms with van der Waals surface area (Å²) in [7, 11) is 0. The Morgan fingerprint density at radius 3 is 2.29 bits per heavy atom. The van der Waals surface area contributed by atoms with Crippen molar-refractivity contribution in [3.05, 3.63) is 59.2 Å². The topological polar surface area (TPSA) is 147 Å². The summed E-state index contributed by atoms with van der Waals surface area (Å²) >= 11 is 0. The average molecular weight is 472 g/mol. The van der Waals surface area contributed by atoms with E-state index in [1.54, 1.807) is 21.9 Å². The number of aromatic carboxylic acids is 1. The van der Waals surface area contributed by atoms with Crippen LogP contribution >= 0.6 is 0 Å². The lowest BCUT2D eigenvalue weighted by Crippen LogP contribution is -2.46. The summed E-state index contributed by atoms with van der Waals surface area (Å²) in [6.07, 6.45) is 0.692. The summed E-state index contributed by atoms with van der Waals surface area (Å²) in [5.41, 5.74) is 2.07. The molecule has 1 aliphatic rings. The lowest BCUT2D eigenvalue weighted by Gasteiger charge is -2.32. The van der Waals surface area contributed by atoms with Crippen molar-refractivity contribution in [3.8, 4) is 0 Å². The van der Waals surface area contributed by atoms with Crippen molar-refractivity contribution < 1.29 is 29.7 Å². The predicted molar refractivity (Wildman–Crippen MR) is 121 cm³/mol. The van der Waals surface area contributed by atoms with Crippen LogP contribution in [0.15, 0.2) is 36.4 Å². The van der Waals surface area contributed by atoms with Crippen molar-refractivity contribution in [2.24, 2.45) is 0 Å². The lowest BCUT2D eigenvalue weighted by molar-refractivity contribution is -0.138. The first-order chi connectivity index (χ1) is 16.4. The maximum Gasteiger partial charge on any atom is 0.354 e. The fraction of sp³-hybridized carbons (Fsp3) is 0.435. The number of pyridine rings is 2. The Hall–Kier alpha value is -3.25. The Morgan fingerprint density at radius 1 is 0.941 bits per heavy atom. The highest BCUT2D eigenvalue weighted by Gasteiger charge is 2.22. The second-order valence-electron chi connectivity index (χ2n) is 8.18. The maximum atomic E-state index is 11.5. The Morgan fingerprint density at radius 2 is 1.62 bits per heavy atom. The molecule has 2 aromatic heterocycles. The molecular formula is C23H29N5O6. The van der Waals surface area contributed by atoms with Crippen LogP contribution in [-0.2, 0) is 29.2 Å². The number of carbonyl (C=O) groups is 3. The van der Waals surface area contributed by atoms with Gasteiger partial charge >= 0.3 is 11.9 Å². The molecule has 0 spiro atoms. The molecule has 0 amide bonds. The minimum absolute atomic E-state index is 0.0341. The van der Waals surface area contributed by atoms with Crippen molar-refractivity contribution in [2.45, 2.75) is 25.7 Å². The summed E-state index contributed by atoms with van der Waals surface area (Å²) in [6, 6.07) is 9.75. The van der Waals surface area contributed by atoms with Crippen LogP contribution < -0.4 is 0 Å². The number of hydrogen-bond acceptors (Lipinski definition) is 9. The number of fused-ring (bicyclic) bond motifs is 2. The lowest BCUT2D eigenvalue weighted by atomic mass is 10.2. The van der Waals surface area contributed by atoms with Crippen molar-refractivity contribution in [3.63, 3.8) is 0 Å². The molecule has 3 N–H and O–H groups in total. The van der Waals surface area contributed by atoms with Crippen LogP contribution in [0.5, 0.6) is 0 Å². The van der Waals surface area contributed by atoms with E-state index in [0.717, 1.165) is 11.4 Å². The molecule has 0 saturated carbocycles. The van der Waals surface area contributed by atoms with E-state index in [9.17, 15) is 29.7 Å². The third-order valence-electron chi connectivity index (χ3n) is 5.63. The standard InChI is InChI=1S/C23H29N5O6/c29-15-20(16-30)28-10-9-26(14-22(31)32)7-8-27(11-17-3-1-4-19(13-28)24-17)12-18-5-2-6-21(25-18)23(33)34/h1-6,15,20,30H,7-14,16H2,(H,31,32)(H,33,34). The molecule has 1 atom stereocenters. The predicted octanol–water partition coefficient (Wildman–Crippen LogP) is -0.0610. The van der Waals surface area contributed by atoms with E-state index in [2.05, 4.69) is 9.88 Å². The molecule has 2 bridgehead atoms. The van der Waals surface area contributed by atoms with Crippen LogP contribution in [0, 0.1) is 0 Å². The SMILES string of the molecule is O=CC(CO)N1CCN(CC(=O)O)CCN(Cc2cccc(C(=O)O)n2)Cc2cccc(n2)C1. The van der Waals surface area contributed by atoms with Gasteiger partial charge in [-0.3, -0.25) is 24.5 Å². The number of aldehydes is 1. The highest BCUT2D eigenvalue weighted by atomic mass is 16.4. The summed E-state index contributed by atoms with van der Waals surface area (Å²) < 4.78 is 0. The zero-order valence-corrected chi connectivity index (χ0v) is 18.8. The van der Waals surface area contributed by atoms with Gasteiger partial charge in [0.15, 0.2) is 0 Å². The van der Waals surface area contributed by atoms with E-state index in [-0.39, 0.29) is 18.8 Å². The first kappa shape index (κ1) is 25.4. The molecule has 2 aromatic rings. The number of aliphatic carboxylic acids is 1. The number of carboxylic acid groups (broad SMARTS) is 2. The van der Waals surface area contributed by atoms with Gasteiger partial charge in [0.05, 0.1) is 36.3 Å². The molecule has 0 fully saturated rings. The zero-order valence-electron chi connectivity index (χ0n) is 18.8. The Bertz CT molecular complexity index is 1000. The van der Waals surface area contributed by atoms with Crippen LogP contribution in [0.2, 0.25) is 0 Å². The highest BCUT2D eigenvalue weighted by molar-refractivity contribution is 5.85. The number of aliphatic hydroxyl groups is 1. The molecule has 3 rings (SSSR count). The molecule has 0 aliphatic carbocycles. The van der Waals surface area contributed by atoms with Crippen LogP contribution in [0.25, 0.3) is 0 Å². The number of hydrogen-bond donors (Lipinski definition) is 3. The molecule has 182 valence electrons. The van der Waals surface area contributed by atoms with Crippen molar-refractivity contribution in [1.82, 2.24) is 24.7 Å². The number of nitrogens with zero attached hydrogens (tertiary/aromatic N) is 5. The maximum absolute atomic E-state index is 11.5. The minimum Gasteiger partial charge on any atom is -0.480 e. The molecule has 11 nitrogen and oxygen atoms in total. The van der Waals surface area contributed by atoms with E-state index >= 15 is 0 Å². The van der Waals surface area contributed by atoms with Gasteiger partial charge in [0.25, 0.3) is 0 Å². The quantitative estimate of drug-likeness (QED) is 0.445. The van der Waals surface area contributed by atoms with E-state index in [0.29, 0.717) is 57.8 Å². The summed E-state index contributed by atoms with van der Waals surface area (Å²) in [6.45, 7) is 2.35. The number of aliphatic hydroxyl groups excluding tert-OH is 1. The van der Waals surface area contributed by atoms with E-state index < -0.39 is 18.0 Å². The third kappa shape index (κ3) is 7.39.